The lowest BCUT2D eigenvalue weighted by Gasteiger charge is -2.07. The molecule has 0 radical (unpaired) electrons. The highest BCUT2D eigenvalue weighted by Crippen LogP contribution is 2.26. The van der Waals surface area contributed by atoms with Crippen LogP contribution >= 0.6 is 15.9 Å². The van der Waals surface area contributed by atoms with Crippen molar-refractivity contribution in [3.8, 4) is 0 Å². The van der Waals surface area contributed by atoms with E-state index in [2.05, 4.69) is 20.9 Å². The summed E-state index contributed by atoms with van der Waals surface area (Å²) in [5, 5.41) is 0. The van der Waals surface area contributed by atoms with Gasteiger partial charge >= 0.3 is 6.18 Å². The Morgan fingerprint density at radius 2 is 2.00 bits per heavy atom. The summed E-state index contributed by atoms with van der Waals surface area (Å²) in [6, 6.07) is 3.36. The first-order valence-corrected chi connectivity index (χ1v) is 4.93. The number of rotatable bonds is 0. The van der Waals surface area contributed by atoms with Gasteiger partial charge in [-0.05, 0) is 12.1 Å². The summed E-state index contributed by atoms with van der Waals surface area (Å²) >= 11 is 3.10. The molecule has 0 aliphatic carbocycles. The number of halogens is 4. The molecule has 7 heteroatoms. The van der Waals surface area contributed by atoms with Gasteiger partial charge in [-0.3, -0.25) is 9.20 Å². The molecule has 2 rings (SSSR count). The number of aromatic nitrogens is 2. The number of hydrogen-bond donors (Lipinski definition) is 0. The van der Waals surface area contributed by atoms with Gasteiger partial charge in [-0.15, -0.1) is 0 Å². The van der Waals surface area contributed by atoms with E-state index in [0.29, 0.717) is 10.5 Å². The zero-order valence-corrected chi connectivity index (χ0v) is 9.21. The maximum atomic E-state index is 12.4. The highest BCUT2D eigenvalue weighted by Gasteiger charge is 2.33. The molecule has 84 valence electrons. The fourth-order valence-electron chi connectivity index (χ4n) is 1.22. The minimum atomic E-state index is -4.61. The average Bonchev–Trinajstić information content (AvgIpc) is 2.15. The van der Waals surface area contributed by atoms with Gasteiger partial charge in [-0.2, -0.15) is 13.2 Å². The molecule has 0 saturated heterocycles. The van der Waals surface area contributed by atoms with Crippen molar-refractivity contribution in [2.45, 2.75) is 6.18 Å². The van der Waals surface area contributed by atoms with E-state index >= 15 is 0 Å². The molecule has 2 aromatic rings. The van der Waals surface area contributed by atoms with Crippen LogP contribution in [0.3, 0.4) is 0 Å². The van der Waals surface area contributed by atoms with Crippen LogP contribution < -0.4 is 5.56 Å². The number of hydrogen-bond acceptors (Lipinski definition) is 2. The van der Waals surface area contributed by atoms with Crippen LogP contribution in [-0.4, -0.2) is 9.38 Å². The molecular weight excluding hydrogens is 289 g/mol. The molecule has 0 atom stereocenters. The van der Waals surface area contributed by atoms with Crippen molar-refractivity contribution in [3.05, 3.63) is 44.9 Å². The summed E-state index contributed by atoms with van der Waals surface area (Å²) in [6.45, 7) is 0. The minimum absolute atomic E-state index is 0.0470. The molecule has 0 unspecified atom stereocenters. The van der Waals surface area contributed by atoms with Gasteiger partial charge in [0.15, 0.2) is 5.69 Å². The summed E-state index contributed by atoms with van der Waals surface area (Å²) in [4.78, 5) is 14.7. The Labute approximate surface area is 95.7 Å². The van der Waals surface area contributed by atoms with Crippen LogP contribution in [0, 0.1) is 0 Å². The molecule has 16 heavy (non-hydrogen) atoms. The van der Waals surface area contributed by atoms with Crippen LogP contribution in [0.2, 0.25) is 0 Å². The van der Waals surface area contributed by atoms with Crippen LogP contribution in [0.1, 0.15) is 5.69 Å². The lowest BCUT2D eigenvalue weighted by atomic mass is 10.3. The second-order valence-corrected chi connectivity index (χ2v) is 3.97. The molecule has 0 aromatic carbocycles. The molecule has 2 heterocycles. The largest absolute Gasteiger partial charge is 0.433 e. The second kappa shape index (κ2) is 3.58. The Hall–Kier alpha value is -1.37. The van der Waals surface area contributed by atoms with Crippen LogP contribution in [0.15, 0.2) is 33.7 Å². The van der Waals surface area contributed by atoms with E-state index in [1.54, 1.807) is 6.07 Å². The third-order valence-corrected chi connectivity index (χ3v) is 2.41. The summed E-state index contributed by atoms with van der Waals surface area (Å²) in [7, 11) is 0. The van der Waals surface area contributed by atoms with Crippen molar-refractivity contribution < 1.29 is 13.2 Å². The molecule has 0 aliphatic rings. The van der Waals surface area contributed by atoms with Crippen molar-refractivity contribution in [2.24, 2.45) is 0 Å². The van der Waals surface area contributed by atoms with Crippen LogP contribution in [0.5, 0.6) is 0 Å². The van der Waals surface area contributed by atoms with Crippen LogP contribution in [0.25, 0.3) is 5.65 Å². The Morgan fingerprint density at radius 3 is 2.62 bits per heavy atom. The van der Waals surface area contributed by atoms with Gasteiger partial charge in [0.1, 0.15) is 5.65 Å². The standard InChI is InChI=1S/C9H4BrF3N2O/c10-5-1-2-15-7(3-5)14-6(4-8(15)16)9(11,12)13/h1-4H. The summed E-state index contributed by atoms with van der Waals surface area (Å²) in [6.07, 6.45) is -3.26. The van der Waals surface area contributed by atoms with E-state index in [0.717, 1.165) is 4.40 Å². The molecule has 0 fully saturated rings. The van der Waals surface area contributed by atoms with Gasteiger partial charge in [-0.1, -0.05) is 15.9 Å². The van der Waals surface area contributed by atoms with E-state index < -0.39 is 17.4 Å². The number of nitrogens with zero attached hydrogens (tertiary/aromatic N) is 2. The lowest BCUT2D eigenvalue weighted by molar-refractivity contribution is -0.141. The molecule has 2 aromatic heterocycles. The van der Waals surface area contributed by atoms with E-state index in [4.69, 9.17) is 0 Å². The van der Waals surface area contributed by atoms with Crippen molar-refractivity contribution >= 4 is 21.6 Å². The first-order valence-electron chi connectivity index (χ1n) is 4.14. The predicted molar refractivity (Wildman–Crippen MR) is 54.2 cm³/mol. The Balaban J connectivity index is 2.80. The zero-order chi connectivity index (χ0) is 11.9. The fraction of sp³-hybridized carbons (Fsp3) is 0.111. The topological polar surface area (TPSA) is 34.4 Å². The first-order chi connectivity index (χ1) is 7.38. The van der Waals surface area contributed by atoms with Gasteiger partial charge in [-0.25, -0.2) is 4.98 Å². The monoisotopic (exact) mass is 292 g/mol. The quantitative estimate of drug-likeness (QED) is 0.748. The Bertz CT molecular complexity index is 606. The van der Waals surface area contributed by atoms with Gasteiger partial charge in [0.25, 0.3) is 5.56 Å². The van der Waals surface area contributed by atoms with Crippen LogP contribution in [-0.2, 0) is 6.18 Å². The van der Waals surface area contributed by atoms with E-state index in [1.165, 1.54) is 12.3 Å². The Morgan fingerprint density at radius 1 is 1.31 bits per heavy atom. The van der Waals surface area contributed by atoms with Gasteiger partial charge in [0.2, 0.25) is 0 Å². The third kappa shape index (κ3) is 1.95. The average molecular weight is 293 g/mol. The summed E-state index contributed by atoms with van der Waals surface area (Å²) in [5.74, 6) is 0. The maximum Gasteiger partial charge on any atom is 0.433 e. The van der Waals surface area contributed by atoms with Crippen molar-refractivity contribution in [3.63, 3.8) is 0 Å². The fourth-order valence-corrected chi connectivity index (χ4v) is 1.55. The molecule has 0 amide bonds. The van der Waals surface area contributed by atoms with Gasteiger partial charge in [0, 0.05) is 16.7 Å². The molecule has 0 bridgehead atoms. The molecule has 0 saturated carbocycles. The SMILES string of the molecule is O=c1cc(C(F)(F)F)nc2cc(Br)ccn12. The Kier molecular flexibility index (Phi) is 2.49. The highest BCUT2D eigenvalue weighted by molar-refractivity contribution is 9.10. The number of fused-ring (bicyclic) bond motifs is 1. The second-order valence-electron chi connectivity index (χ2n) is 3.05. The third-order valence-electron chi connectivity index (χ3n) is 1.92. The summed E-state index contributed by atoms with van der Waals surface area (Å²) in [5.41, 5.74) is -1.99. The smallest absolute Gasteiger partial charge is 0.269 e. The van der Waals surface area contributed by atoms with E-state index in [-0.39, 0.29) is 5.65 Å². The van der Waals surface area contributed by atoms with Crippen molar-refractivity contribution in [2.75, 3.05) is 0 Å². The normalized spacial score (nSPS) is 12.0. The van der Waals surface area contributed by atoms with Crippen molar-refractivity contribution in [1.82, 2.24) is 9.38 Å². The number of alkyl halides is 3. The lowest BCUT2D eigenvalue weighted by Crippen LogP contribution is -2.19. The molecule has 0 N–H and O–H groups in total. The van der Waals surface area contributed by atoms with E-state index in [1.807, 2.05) is 0 Å². The highest BCUT2D eigenvalue weighted by atomic mass is 79.9. The zero-order valence-electron chi connectivity index (χ0n) is 7.62. The summed E-state index contributed by atoms with van der Waals surface area (Å²) < 4.78 is 38.7. The van der Waals surface area contributed by atoms with Crippen molar-refractivity contribution in [1.29, 1.82) is 0 Å². The first kappa shape index (κ1) is 11.1. The molecule has 0 aliphatic heterocycles. The van der Waals surface area contributed by atoms with Crippen LogP contribution in [0.4, 0.5) is 13.2 Å². The molecule has 3 nitrogen and oxygen atoms in total. The van der Waals surface area contributed by atoms with E-state index in [9.17, 15) is 18.0 Å². The maximum absolute atomic E-state index is 12.4. The van der Waals surface area contributed by atoms with Gasteiger partial charge < -0.3 is 0 Å². The molecular formula is C9H4BrF3N2O. The minimum Gasteiger partial charge on any atom is -0.269 e. The predicted octanol–water partition coefficient (Wildman–Crippen LogP) is 2.48. The van der Waals surface area contributed by atoms with Gasteiger partial charge in [0.05, 0.1) is 0 Å². The molecule has 0 spiro atoms. The number of pyridine rings is 1.